The fourth-order valence-electron chi connectivity index (χ4n) is 1.25. The van der Waals surface area contributed by atoms with Gasteiger partial charge in [-0.1, -0.05) is 18.5 Å². The molecule has 3 N–H and O–H groups in total. The van der Waals surface area contributed by atoms with Crippen LogP contribution in [-0.2, 0) is 20.8 Å². The van der Waals surface area contributed by atoms with Crippen LogP contribution >= 0.6 is 11.6 Å². The highest BCUT2D eigenvalue weighted by molar-refractivity contribution is 7.89. The summed E-state index contributed by atoms with van der Waals surface area (Å²) in [5, 5.41) is 0.293. The molecule has 0 amide bonds. The lowest BCUT2D eigenvalue weighted by atomic mass is 10.3. The number of anilines is 1. The van der Waals surface area contributed by atoms with Crippen molar-refractivity contribution < 1.29 is 12.6 Å². The van der Waals surface area contributed by atoms with Crippen LogP contribution in [0.5, 0.6) is 0 Å². The minimum absolute atomic E-state index is 0.0581. The van der Waals surface area contributed by atoms with E-state index in [0.29, 0.717) is 10.8 Å². The third kappa shape index (κ3) is 4.24. The quantitative estimate of drug-likeness (QED) is 0.766. The molecule has 0 aromatic heterocycles. The van der Waals surface area contributed by atoms with E-state index in [1.165, 1.54) is 18.2 Å². The molecule has 0 radical (unpaired) electrons. The van der Waals surface area contributed by atoms with E-state index in [1.807, 2.05) is 0 Å². The Hall–Kier alpha value is -0.630. The van der Waals surface area contributed by atoms with Crippen LogP contribution in [0.3, 0.4) is 0 Å². The predicted molar refractivity (Wildman–Crippen MR) is 74.6 cm³/mol. The van der Waals surface area contributed by atoms with Crippen LogP contribution in [0.2, 0.25) is 5.02 Å². The molecule has 8 heteroatoms. The van der Waals surface area contributed by atoms with E-state index >= 15 is 0 Å². The number of nitrogens with one attached hydrogen (secondary N) is 1. The molecule has 1 aromatic carbocycles. The van der Waals surface area contributed by atoms with Crippen molar-refractivity contribution in [2.24, 2.45) is 0 Å². The van der Waals surface area contributed by atoms with Crippen molar-refractivity contribution in [1.29, 1.82) is 0 Å². The number of halogens is 1. The summed E-state index contributed by atoms with van der Waals surface area (Å²) in [7, 11) is -4.72. The summed E-state index contributed by atoms with van der Waals surface area (Å²) >= 11 is 5.73. The van der Waals surface area contributed by atoms with E-state index in [-0.39, 0.29) is 22.9 Å². The molecule has 0 aliphatic carbocycles. The van der Waals surface area contributed by atoms with Gasteiger partial charge >= 0.3 is 0 Å². The average Bonchev–Trinajstić information content (AvgIpc) is 2.31. The van der Waals surface area contributed by atoms with Gasteiger partial charge in [0.05, 0.1) is 5.69 Å². The molecule has 102 valence electrons. The maximum absolute atomic E-state index is 11.9. The number of nitrogen functional groups attached to an aromatic ring is 1. The van der Waals surface area contributed by atoms with Crippen molar-refractivity contribution >= 4 is 38.1 Å². The molecule has 1 unspecified atom stereocenters. The summed E-state index contributed by atoms with van der Waals surface area (Å²) in [6.07, 6.45) is 0. The zero-order chi connectivity index (χ0) is 13.8. The normalized spacial score (nSPS) is 13.4. The summed E-state index contributed by atoms with van der Waals surface area (Å²) in [5.41, 5.74) is 5.72. The van der Waals surface area contributed by atoms with Crippen LogP contribution in [0.1, 0.15) is 6.92 Å². The summed E-state index contributed by atoms with van der Waals surface area (Å²) in [6.45, 7) is 1.88. The summed E-state index contributed by atoms with van der Waals surface area (Å²) in [4.78, 5) is -0.0581. The Balaban J connectivity index is 2.80. The first-order chi connectivity index (χ1) is 8.36. The first-order valence-electron chi connectivity index (χ1n) is 5.26. The Morgan fingerprint density at radius 1 is 1.44 bits per heavy atom. The van der Waals surface area contributed by atoms with E-state index in [4.69, 9.17) is 17.3 Å². The van der Waals surface area contributed by atoms with Crippen molar-refractivity contribution in [2.45, 2.75) is 11.8 Å². The van der Waals surface area contributed by atoms with E-state index in [1.54, 1.807) is 6.92 Å². The summed E-state index contributed by atoms with van der Waals surface area (Å²) in [6, 6.07) is 4.24. The second-order valence-electron chi connectivity index (χ2n) is 3.51. The second-order valence-corrected chi connectivity index (χ2v) is 7.55. The highest BCUT2D eigenvalue weighted by atomic mass is 35.5. The van der Waals surface area contributed by atoms with Crippen molar-refractivity contribution in [3.63, 3.8) is 0 Å². The zero-order valence-electron chi connectivity index (χ0n) is 9.85. The van der Waals surface area contributed by atoms with Crippen LogP contribution in [-0.4, -0.2) is 30.7 Å². The molecule has 0 saturated heterocycles. The molecule has 5 nitrogen and oxygen atoms in total. The van der Waals surface area contributed by atoms with Crippen LogP contribution in [0.4, 0.5) is 5.69 Å². The summed E-state index contributed by atoms with van der Waals surface area (Å²) in [5.74, 6) is 0.775. The van der Waals surface area contributed by atoms with Crippen molar-refractivity contribution in [1.82, 2.24) is 4.72 Å². The smallest absolute Gasteiger partial charge is 0.242 e. The van der Waals surface area contributed by atoms with Gasteiger partial charge in [-0.3, -0.25) is 4.21 Å². The fraction of sp³-hybridized carbons (Fsp3) is 0.400. The van der Waals surface area contributed by atoms with Crippen molar-refractivity contribution in [2.75, 3.05) is 23.8 Å². The van der Waals surface area contributed by atoms with Gasteiger partial charge in [-0.05, 0) is 18.2 Å². The number of nitrogens with two attached hydrogens (primary N) is 1. The maximum atomic E-state index is 11.9. The lowest BCUT2D eigenvalue weighted by Gasteiger charge is -2.09. The third-order valence-electron chi connectivity index (χ3n) is 2.21. The van der Waals surface area contributed by atoms with Crippen molar-refractivity contribution in [3.05, 3.63) is 23.2 Å². The molecule has 0 spiro atoms. The van der Waals surface area contributed by atoms with Gasteiger partial charge in [-0.25, -0.2) is 13.1 Å². The lowest BCUT2D eigenvalue weighted by Crippen LogP contribution is -2.28. The van der Waals surface area contributed by atoms with Crippen LogP contribution < -0.4 is 10.5 Å². The fourth-order valence-corrected chi connectivity index (χ4v) is 3.42. The zero-order valence-corrected chi connectivity index (χ0v) is 12.2. The number of hydrogen-bond donors (Lipinski definition) is 2. The average molecular weight is 311 g/mol. The van der Waals surface area contributed by atoms with Crippen LogP contribution in [0, 0.1) is 0 Å². The van der Waals surface area contributed by atoms with Gasteiger partial charge in [0.2, 0.25) is 10.0 Å². The highest BCUT2D eigenvalue weighted by Gasteiger charge is 2.17. The van der Waals surface area contributed by atoms with Crippen LogP contribution in [0.15, 0.2) is 23.1 Å². The molecule has 0 fully saturated rings. The van der Waals surface area contributed by atoms with E-state index in [0.717, 1.165) is 0 Å². The molecule has 0 aliphatic heterocycles. The van der Waals surface area contributed by atoms with E-state index in [2.05, 4.69) is 4.72 Å². The molecular formula is C10H15ClN2O3S2. The van der Waals surface area contributed by atoms with Crippen molar-refractivity contribution in [3.8, 4) is 0 Å². The molecule has 1 atom stereocenters. The molecule has 0 aliphatic rings. The van der Waals surface area contributed by atoms with Gasteiger partial charge in [-0.2, -0.15) is 0 Å². The number of hydrogen-bond acceptors (Lipinski definition) is 4. The van der Waals surface area contributed by atoms with E-state index in [9.17, 15) is 12.6 Å². The summed E-state index contributed by atoms with van der Waals surface area (Å²) < 4.78 is 37.4. The van der Waals surface area contributed by atoms with Crippen LogP contribution in [0.25, 0.3) is 0 Å². The number of benzene rings is 1. The number of rotatable bonds is 6. The van der Waals surface area contributed by atoms with Gasteiger partial charge in [0, 0.05) is 33.9 Å². The van der Waals surface area contributed by atoms with Gasteiger partial charge in [-0.15, -0.1) is 0 Å². The SMILES string of the molecule is CCS(=O)CCNS(=O)(=O)c1cc(Cl)ccc1N. The molecular weight excluding hydrogens is 296 g/mol. The molecule has 1 aromatic rings. The topological polar surface area (TPSA) is 89.3 Å². The molecule has 1 rings (SSSR count). The molecule has 0 bridgehead atoms. The van der Waals surface area contributed by atoms with E-state index < -0.39 is 20.8 Å². The minimum atomic E-state index is -3.71. The number of sulfonamides is 1. The maximum Gasteiger partial charge on any atom is 0.242 e. The van der Waals surface area contributed by atoms with Gasteiger partial charge in [0.25, 0.3) is 0 Å². The Bertz CT molecular complexity index is 546. The highest BCUT2D eigenvalue weighted by Crippen LogP contribution is 2.22. The van der Waals surface area contributed by atoms with Gasteiger partial charge < -0.3 is 5.73 Å². The first kappa shape index (κ1) is 15.4. The Labute approximate surface area is 114 Å². The predicted octanol–water partition coefficient (Wildman–Crippen LogP) is 0.969. The molecule has 0 saturated carbocycles. The minimum Gasteiger partial charge on any atom is -0.398 e. The molecule has 18 heavy (non-hydrogen) atoms. The lowest BCUT2D eigenvalue weighted by molar-refractivity contribution is 0.584. The van der Waals surface area contributed by atoms with Gasteiger partial charge in [0.1, 0.15) is 4.90 Å². The first-order valence-corrected chi connectivity index (χ1v) is 8.61. The Morgan fingerprint density at radius 2 is 2.11 bits per heavy atom. The Kier molecular flexibility index (Phi) is 5.58. The Morgan fingerprint density at radius 3 is 2.72 bits per heavy atom. The third-order valence-corrected chi connectivity index (χ3v) is 5.26. The van der Waals surface area contributed by atoms with Gasteiger partial charge in [0.15, 0.2) is 0 Å². The standard InChI is InChI=1S/C10H15ClN2O3S2/c1-2-17(14)6-5-13-18(15,16)10-7-8(11)3-4-9(10)12/h3-4,7,13H,2,5-6,12H2,1H3. The largest absolute Gasteiger partial charge is 0.398 e. The molecule has 0 heterocycles. The monoisotopic (exact) mass is 310 g/mol. The second kappa shape index (κ2) is 6.51.